The lowest BCUT2D eigenvalue weighted by atomic mass is 10.0. The van der Waals surface area contributed by atoms with Crippen LogP contribution in [-0.2, 0) is 10.3 Å². The molecule has 20 heavy (non-hydrogen) atoms. The molecule has 0 saturated carbocycles. The smallest absolute Gasteiger partial charge is 0.140 e. The highest BCUT2D eigenvalue weighted by molar-refractivity contribution is 7.71. The molecule has 3 nitrogen and oxygen atoms in total. The molecule has 0 aliphatic carbocycles. The molecule has 4 heteroatoms. The van der Waals surface area contributed by atoms with Crippen LogP contribution in [0.15, 0.2) is 30.3 Å². The van der Waals surface area contributed by atoms with E-state index in [0.717, 1.165) is 42.1 Å². The fraction of sp³-hybridized carbons (Fsp3) is 0.375. The third kappa shape index (κ3) is 2.30. The summed E-state index contributed by atoms with van der Waals surface area (Å²) in [6, 6.07) is 10.2. The van der Waals surface area contributed by atoms with E-state index in [1.807, 2.05) is 25.1 Å². The Labute approximate surface area is 124 Å². The number of hydrogen-bond acceptors (Lipinski definition) is 3. The Morgan fingerprint density at radius 2 is 2.05 bits per heavy atom. The van der Waals surface area contributed by atoms with Gasteiger partial charge in [-0.15, -0.1) is 0 Å². The number of nitrogens with zero attached hydrogens (tertiary/aromatic N) is 1. The van der Waals surface area contributed by atoms with Crippen LogP contribution in [0.2, 0.25) is 0 Å². The fourth-order valence-electron chi connectivity index (χ4n) is 2.64. The van der Waals surface area contributed by atoms with Crippen molar-refractivity contribution in [3.63, 3.8) is 0 Å². The van der Waals surface area contributed by atoms with E-state index in [2.05, 4.69) is 29.0 Å². The SMILES string of the molecule is Cc1c(-c2ccccc2)[nH]c(C2(C)CCCO2)nc1=S. The third-order valence-corrected chi connectivity index (χ3v) is 4.33. The molecule has 104 valence electrons. The Kier molecular flexibility index (Phi) is 3.44. The van der Waals surface area contributed by atoms with Gasteiger partial charge < -0.3 is 9.72 Å². The van der Waals surface area contributed by atoms with Crippen molar-refractivity contribution in [3.05, 3.63) is 46.4 Å². The van der Waals surface area contributed by atoms with E-state index in [1.54, 1.807) is 0 Å². The Morgan fingerprint density at radius 3 is 2.70 bits per heavy atom. The first kappa shape index (κ1) is 13.5. The number of hydrogen-bond donors (Lipinski definition) is 1. The van der Waals surface area contributed by atoms with Crippen molar-refractivity contribution in [2.45, 2.75) is 32.3 Å². The Bertz CT molecular complexity index is 673. The van der Waals surface area contributed by atoms with Crippen LogP contribution in [0.3, 0.4) is 0 Å². The second-order valence-corrected chi connectivity index (χ2v) is 5.83. The summed E-state index contributed by atoms with van der Waals surface area (Å²) < 4.78 is 6.52. The lowest BCUT2D eigenvalue weighted by Crippen LogP contribution is -2.24. The summed E-state index contributed by atoms with van der Waals surface area (Å²) in [6.45, 7) is 4.88. The zero-order chi connectivity index (χ0) is 14.2. The largest absolute Gasteiger partial charge is 0.367 e. The molecule has 0 radical (unpaired) electrons. The van der Waals surface area contributed by atoms with Gasteiger partial charge in [0.1, 0.15) is 16.1 Å². The number of nitrogens with one attached hydrogen (secondary N) is 1. The molecule has 1 aliphatic heterocycles. The lowest BCUT2D eigenvalue weighted by Gasteiger charge is -2.23. The van der Waals surface area contributed by atoms with Gasteiger partial charge in [0.15, 0.2) is 0 Å². The summed E-state index contributed by atoms with van der Waals surface area (Å²) in [5.74, 6) is 0.837. The maximum Gasteiger partial charge on any atom is 0.140 e. The highest BCUT2D eigenvalue weighted by Gasteiger charge is 2.34. The van der Waals surface area contributed by atoms with Gasteiger partial charge in [0, 0.05) is 12.2 Å². The van der Waals surface area contributed by atoms with E-state index >= 15 is 0 Å². The molecule has 1 aliphatic rings. The Balaban J connectivity index is 2.16. The van der Waals surface area contributed by atoms with Crippen LogP contribution in [0.25, 0.3) is 11.3 Å². The minimum absolute atomic E-state index is 0.342. The molecule has 1 atom stereocenters. The molecule has 0 bridgehead atoms. The predicted octanol–water partition coefficient (Wildman–Crippen LogP) is 4.14. The van der Waals surface area contributed by atoms with E-state index in [1.165, 1.54) is 0 Å². The minimum Gasteiger partial charge on any atom is -0.367 e. The minimum atomic E-state index is -0.342. The van der Waals surface area contributed by atoms with Gasteiger partial charge in [0.25, 0.3) is 0 Å². The number of aromatic nitrogens is 2. The number of rotatable bonds is 2. The molecule has 0 spiro atoms. The fourth-order valence-corrected chi connectivity index (χ4v) is 2.84. The molecular formula is C16H18N2OS. The predicted molar refractivity (Wildman–Crippen MR) is 82.1 cm³/mol. The molecule has 1 saturated heterocycles. The zero-order valence-corrected chi connectivity index (χ0v) is 12.6. The lowest BCUT2D eigenvalue weighted by molar-refractivity contribution is 0.00931. The van der Waals surface area contributed by atoms with Crippen LogP contribution < -0.4 is 0 Å². The normalized spacial score (nSPS) is 22.1. The van der Waals surface area contributed by atoms with Crippen molar-refractivity contribution in [2.75, 3.05) is 6.61 Å². The second kappa shape index (κ2) is 5.11. The van der Waals surface area contributed by atoms with Gasteiger partial charge >= 0.3 is 0 Å². The molecule has 1 unspecified atom stereocenters. The van der Waals surface area contributed by atoms with Gasteiger partial charge in [-0.1, -0.05) is 42.5 Å². The summed E-state index contributed by atoms with van der Waals surface area (Å²) in [5, 5.41) is 0. The van der Waals surface area contributed by atoms with Crippen LogP contribution in [0.5, 0.6) is 0 Å². The van der Waals surface area contributed by atoms with E-state index in [0.29, 0.717) is 4.64 Å². The molecule has 3 rings (SSSR count). The van der Waals surface area contributed by atoms with Crippen molar-refractivity contribution in [1.82, 2.24) is 9.97 Å². The third-order valence-electron chi connectivity index (χ3n) is 3.93. The molecule has 0 amide bonds. The first-order valence-corrected chi connectivity index (χ1v) is 7.32. The van der Waals surface area contributed by atoms with E-state index in [4.69, 9.17) is 17.0 Å². The molecular weight excluding hydrogens is 268 g/mol. The number of aromatic amines is 1. The van der Waals surface area contributed by atoms with E-state index in [9.17, 15) is 0 Å². The van der Waals surface area contributed by atoms with Gasteiger partial charge in [0.05, 0.1) is 5.69 Å². The maximum atomic E-state index is 5.87. The average molecular weight is 286 g/mol. The maximum absolute atomic E-state index is 5.87. The van der Waals surface area contributed by atoms with Gasteiger partial charge in [0.2, 0.25) is 0 Å². The second-order valence-electron chi connectivity index (χ2n) is 5.44. The summed E-state index contributed by atoms with van der Waals surface area (Å²) in [4.78, 5) is 8.00. The van der Waals surface area contributed by atoms with Crippen molar-refractivity contribution >= 4 is 12.2 Å². The summed E-state index contributed by atoms with van der Waals surface area (Å²) in [7, 11) is 0. The number of benzene rings is 1. The first-order chi connectivity index (χ1) is 9.60. The van der Waals surface area contributed by atoms with Crippen molar-refractivity contribution in [3.8, 4) is 11.3 Å². The highest BCUT2D eigenvalue weighted by atomic mass is 32.1. The average Bonchev–Trinajstić information content (AvgIpc) is 2.91. The van der Waals surface area contributed by atoms with Crippen LogP contribution in [0, 0.1) is 11.6 Å². The molecule has 1 N–H and O–H groups in total. The number of H-pyrrole nitrogens is 1. The van der Waals surface area contributed by atoms with Crippen LogP contribution in [0.4, 0.5) is 0 Å². The van der Waals surface area contributed by atoms with Crippen molar-refractivity contribution in [1.29, 1.82) is 0 Å². The molecule has 1 aromatic carbocycles. The number of ether oxygens (including phenoxy) is 1. The molecule has 1 aromatic heterocycles. The van der Waals surface area contributed by atoms with Crippen molar-refractivity contribution in [2.24, 2.45) is 0 Å². The molecule has 2 heterocycles. The zero-order valence-electron chi connectivity index (χ0n) is 11.8. The van der Waals surface area contributed by atoms with Crippen LogP contribution >= 0.6 is 12.2 Å². The van der Waals surface area contributed by atoms with E-state index in [-0.39, 0.29) is 5.60 Å². The van der Waals surface area contributed by atoms with Gasteiger partial charge in [-0.2, -0.15) is 0 Å². The Morgan fingerprint density at radius 1 is 1.30 bits per heavy atom. The van der Waals surface area contributed by atoms with Gasteiger partial charge in [-0.05, 0) is 32.3 Å². The first-order valence-electron chi connectivity index (χ1n) is 6.91. The van der Waals surface area contributed by atoms with Crippen LogP contribution in [0.1, 0.15) is 31.2 Å². The Hall–Kier alpha value is -1.52. The van der Waals surface area contributed by atoms with Crippen LogP contribution in [-0.4, -0.2) is 16.6 Å². The van der Waals surface area contributed by atoms with Gasteiger partial charge in [-0.25, -0.2) is 4.98 Å². The summed E-state index contributed by atoms with van der Waals surface area (Å²) in [6.07, 6.45) is 2.04. The highest BCUT2D eigenvalue weighted by Crippen LogP contribution is 2.34. The summed E-state index contributed by atoms with van der Waals surface area (Å²) >= 11 is 5.43. The molecule has 1 fully saturated rings. The van der Waals surface area contributed by atoms with E-state index < -0.39 is 0 Å². The van der Waals surface area contributed by atoms with Gasteiger partial charge in [-0.3, -0.25) is 0 Å². The summed E-state index contributed by atoms with van der Waals surface area (Å²) in [5.41, 5.74) is 2.83. The standard InChI is InChI=1S/C16H18N2OS/c1-11-13(12-7-4-3-5-8-12)17-15(18-14(11)20)16(2)9-6-10-19-16/h3-5,7-8H,6,9-10H2,1-2H3,(H,17,18,20). The van der Waals surface area contributed by atoms with Crippen molar-refractivity contribution < 1.29 is 4.74 Å². The quantitative estimate of drug-likeness (QED) is 0.843. The monoisotopic (exact) mass is 286 g/mol. The molecule has 2 aromatic rings. The topological polar surface area (TPSA) is 37.9 Å².